The fourth-order valence-corrected chi connectivity index (χ4v) is 4.13. The van der Waals surface area contributed by atoms with Crippen molar-refractivity contribution in [2.45, 2.75) is 30.6 Å². The van der Waals surface area contributed by atoms with Crippen LogP contribution in [0.15, 0.2) is 53.4 Å². The Morgan fingerprint density at radius 1 is 0.893 bits per heavy atom. The van der Waals surface area contributed by atoms with Gasteiger partial charge in [0.2, 0.25) is 0 Å². The van der Waals surface area contributed by atoms with Crippen LogP contribution in [0.25, 0.3) is 0 Å². The van der Waals surface area contributed by atoms with Crippen LogP contribution in [0, 0.1) is 0 Å². The molecule has 1 saturated heterocycles. The summed E-state index contributed by atoms with van der Waals surface area (Å²) in [6, 6.07) is 12.6. The van der Waals surface area contributed by atoms with Crippen molar-refractivity contribution < 1.29 is 17.9 Å². The zero-order chi connectivity index (χ0) is 20.0. The predicted octanol–water partition coefficient (Wildman–Crippen LogP) is 3.90. The third kappa shape index (κ3) is 5.16. The van der Waals surface area contributed by atoms with E-state index in [1.807, 2.05) is 4.90 Å². The van der Waals surface area contributed by atoms with Crippen LogP contribution in [0.5, 0.6) is 5.75 Å². The Bertz CT molecular complexity index is 888. The topological polar surface area (TPSA) is 87.7 Å². The molecule has 1 heterocycles. The molecule has 28 heavy (non-hydrogen) atoms. The van der Waals surface area contributed by atoms with Gasteiger partial charge in [0.1, 0.15) is 5.75 Å². The number of amides is 2. The molecule has 3 rings (SSSR count). The summed E-state index contributed by atoms with van der Waals surface area (Å²) >= 11 is 0. The first-order valence-corrected chi connectivity index (χ1v) is 10.8. The number of anilines is 2. The van der Waals surface area contributed by atoms with Gasteiger partial charge in [0.15, 0.2) is 0 Å². The number of nitrogens with one attached hydrogen (secondary N) is 2. The van der Waals surface area contributed by atoms with Crippen molar-refractivity contribution in [3.8, 4) is 5.75 Å². The van der Waals surface area contributed by atoms with Crippen molar-refractivity contribution in [1.29, 1.82) is 0 Å². The summed E-state index contributed by atoms with van der Waals surface area (Å²) < 4.78 is 32.7. The maximum Gasteiger partial charge on any atom is 0.321 e. The lowest BCUT2D eigenvalue weighted by atomic mass is 10.2. The molecule has 2 N–H and O–H groups in total. The van der Waals surface area contributed by atoms with Gasteiger partial charge in [-0.2, -0.15) is 0 Å². The molecule has 2 aromatic rings. The van der Waals surface area contributed by atoms with Crippen LogP contribution in [0.1, 0.15) is 25.7 Å². The summed E-state index contributed by atoms with van der Waals surface area (Å²) in [6.45, 7) is 1.51. The number of carbonyl (C=O) groups is 1. The lowest BCUT2D eigenvalue weighted by Crippen LogP contribution is -2.35. The Kier molecular flexibility index (Phi) is 6.41. The summed E-state index contributed by atoms with van der Waals surface area (Å²) in [6.07, 6.45) is 4.33. The molecule has 0 unspecified atom stereocenters. The van der Waals surface area contributed by atoms with Crippen LogP contribution in [0.4, 0.5) is 16.2 Å². The van der Waals surface area contributed by atoms with Gasteiger partial charge in [-0.25, -0.2) is 13.2 Å². The Morgan fingerprint density at radius 2 is 1.46 bits per heavy atom. The van der Waals surface area contributed by atoms with E-state index in [0.29, 0.717) is 17.1 Å². The van der Waals surface area contributed by atoms with E-state index in [0.717, 1.165) is 38.8 Å². The Morgan fingerprint density at radius 3 is 2.04 bits per heavy atom. The largest absolute Gasteiger partial charge is 0.497 e. The SMILES string of the molecule is COc1ccc(NS(=O)(=O)c2ccc(NC(=O)N3CCCCCC3)cc2)cc1. The second-order valence-electron chi connectivity index (χ2n) is 6.69. The Balaban J connectivity index is 1.64. The van der Waals surface area contributed by atoms with Crippen LogP contribution < -0.4 is 14.8 Å². The van der Waals surface area contributed by atoms with Crippen LogP contribution in [-0.4, -0.2) is 39.5 Å². The van der Waals surface area contributed by atoms with Crippen LogP contribution in [0.2, 0.25) is 0 Å². The minimum Gasteiger partial charge on any atom is -0.497 e. The van der Waals surface area contributed by atoms with E-state index >= 15 is 0 Å². The second kappa shape index (κ2) is 8.97. The van der Waals surface area contributed by atoms with E-state index in [2.05, 4.69) is 10.0 Å². The van der Waals surface area contributed by atoms with Gasteiger partial charge in [-0.1, -0.05) is 12.8 Å². The Hall–Kier alpha value is -2.74. The van der Waals surface area contributed by atoms with Crippen LogP contribution in [0.3, 0.4) is 0 Å². The molecule has 2 aromatic carbocycles. The summed E-state index contributed by atoms with van der Waals surface area (Å²) in [7, 11) is -2.17. The van der Waals surface area contributed by atoms with Gasteiger partial charge < -0.3 is 15.0 Å². The molecular weight excluding hydrogens is 378 g/mol. The second-order valence-corrected chi connectivity index (χ2v) is 8.37. The summed E-state index contributed by atoms with van der Waals surface area (Å²) in [4.78, 5) is 14.3. The van der Waals surface area contributed by atoms with Gasteiger partial charge >= 0.3 is 6.03 Å². The zero-order valence-electron chi connectivity index (χ0n) is 15.8. The lowest BCUT2D eigenvalue weighted by molar-refractivity contribution is 0.214. The lowest BCUT2D eigenvalue weighted by Gasteiger charge is -2.20. The van der Waals surface area contributed by atoms with E-state index in [1.165, 1.54) is 12.1 Å². The highest BCUT2D eigenvalue weighted by Crippen LogP contribution is 2.21. The molecule has 0 aromatic heterocycles. The number of ether oxygens (including phenoxy) is 1. The first-order chi connectivity index (χ1) is 13.5. The molecule has 0 atom stereocenters. The standard InChI is InChI=1S/C20H25N3O4S/c1-27-18-10-6-17(7-11-18)22-28(25,26)19-12-8-16(9-13-19)21-20(24)23-14-4-2-3-5-15-23/h6-13,22H,2-5,14-15H2,1H3,(H,21,24). The molecular formula is C20H25N3O4S. The number of methoxy groups -OCH3 is 1. The third-order valence-corrected chi connectivity index (χ3v) is 6.05. The highest BCUT2D eigenvalue weighted by molar-refractivity contribution is 7.92. The van der Waals surface area contributed by atoms with Crippen molar-refractivity contribution in [1.82, 2.24) is 4.90 Å². The first-order valence-electron chi connectivity index (χ1n) is 9.31. The van der Waals surface area contributed by atoms with E-state index in [1.54, 1.807) is 43.5 Å². The molecule has 1 aliphatic heterocycles. The quantitative estimate of drug-likeness (QED) is 0.792. The molecule has 1 aliphatic rings. The fraction of sp³-hybridized carbons (Fsp3) is 0.350. The van der Waals surface area contributed by atoms with Crippen molar-refractivity contribution in [2.24, 2.45) is 0 Å². The zero-order valence-corrected chi connectivity index (χ0v) is 16.7. The first kappa shape index (κ1) is 20.0. The summed E-state index contributed by atoms with van der Waals surface area (Å²) in [5.74, 6) is 0.646. The number of urea groups is 1. The summed E-state index contributed by atoms with van der Waals surface area (Å²) in [5, 5.41) is 2.84. The smallest absolute Gasteiger partial charge is 0.321 e. The van der Waals surface area contributed by atoms with E-state index in [9.17, 15) is 13.2 Å². The highest BCUT2D eigenvalue weighted by Gasteiger charge is 2.17. The third-order valence-electron chi connectivity index (χ3n) is 4.65. The van der Waals surface area contributed by atoms with Gasteiger partial charge in [0, 0.05) is 24.5 Å². The molecule has 2 amide bonds. The number of hydrogen-bond donors (Lipinski definition) is 2. The van der Waals surface area contributed by atoms with Gasteiger partial charge in [0.05, 0.1) is 12.0 Å². The molecule has 0 spiro atoms. The average Bonchev–Trinajstić information content (AvgIpc) is 2.98. The number of likely N-dealkylation sites (tertiary alicyclic amines) is 1. The monoisotopic (exact) mass is 403 g/mol. The van der Waals surface area contributed by atoms with Crippen molar-refractivity contribution in [2.75, 3.05) is 30.2 Å². The normalized spacial score (nSPS) is 14.8. The molecule has 1 fully saturated rings. The predicted molar refractivity (Wildman–Crippen MR) is 109 cm³/mol. The summed E-state index contributed by atoms with van der Waals surface area (Å²) in [5.41, 5.74) is 1.01. The molecule has 0 radical (unpaired) electrons. The van der Waals surface area contributed by atoms with Gasteiger partial charge in [-0.05, 0) is 61.4 Å². The fourth-order valence-electron chi connectivity index (χ4n) is 3.07. The number of carbonyl (C=O) groups excluding carboxylic acids is 1. The van der Waals surface area contributed by atoms with E-state index < -0.39 is 10.0 Å². The highest BCUT2D eigenvalue weighted by atomic mass is 32.2. The van der Waals surface area contributed by atoms with E-state index in [-0.39, 0.29) is 10.9 Å². The Labute approximate surface area is 165 Å². The minimum absolute atomic E-state index is 0.121. The maximum atomic E-state index is 12.5. The van der Waals surface area contributed by atoms with Gasteiger partial charge in [-0.15, -0.1) is 0 Å². The van der Waals surface area contributed by atoms with Gasteiger partial charge in [-0.3, -0.25) is 4.72 Å². The average molecular weight is 404 g/mol. The van der Waals surface area contributed by atoms with Crippen molar-refractivity contribution in [3.63, 3.8) is 0 Å². The maximum absolute atomic E-state index is 12.5. The van der Waals surface area contributed by atoms with Crippen molar-refractivity contribution >= 4 is 27.4 Å². The van der Waals surface area contributed by atoms with Crippen molar-refractivity contribution in [3.05, 3.63) is 48.5 Å². The molecule has 0 aliphatic carbocycles. The van der Waals surface area contributed by atoms with Crippen LogP contribution >= 0.6 is 0 Å². The number of sulfonamides is 1. The van der Waals surface area contributed by atoms with Crippen LogP contribution in [-0.2, 0) is 10.0 Å². The number of benzene rings is 2. The number of rotatable bonds is 5. The molecule has 150 valence electrons. The molecule has 8 heteroatoms. The van der Waals surface area contributed by atoms with Gasteiger partial charge in [0.25, 0.3) is 10.0 Å². The minimum atomic E-state index is -3.72. The number of hydrogen-bond acceptors (Lipinski definition) is 4. The number of nitrogens with zero attached hydrogens (tertiary/aromatic N) is 1. The molecule has 0 saturated carbocycles. The van der Waals surface area contributed by atoms with E-state index in [4.69, 9.17) is 4.74 Å². The molecule has 0 bridgehead atoms. The molecule has 7 nitrogen and oxygen atoms in total.